The summed E-state index contributed by atoms with van der Waals surface area (Å²) < 4.78 is 5.00. The molecule has 9 heteroatoms. The molecule has 1 heterocycles. The summed E-state index contributed by atoms with van der Waals surface area (Å²) in [4.78, 5) is 25.4. The van der Waals surface area contributed by atoms with E-state index in [0.29, 0.717) is 5.56 Å². The number of nitrogens with one attached hydrogen (secondary N) is 1. The molecule has 1 aromatic heterocycles. The van der Waals surface area contributed by atoms with Crippen molar-refractivity contribution in [3.8, 4) is 0 Å². The van der Waals surface area contributed by atoms with Gasteiger partial charge in [-0.05, 0) is 33.8 Å². The molecule has 9 nitrogen and oxygen atoms in total. The number of pyridine rings is 1. The highest BCUT2D eigenvalue weighted by Crippen LogP contribution is 2.21. The highest BCUT2D eigenvalue weighted by atomic mass is 16.6. The summed E-state index contributed by atoms with van der Waals surface area (Å²) in [5.74, 6) is 0. The third-order valence-electron chi connectivity index (χ3n) is 2.82. The molecule has 128 valence electrons. The second-order valence-electron chi connectivity index (χ2n) is 6.05. The summed E-state index contributed by atoms with van der Waals surface area (Å²) in [5.41, 5.74) is -0.467. The van der Waals surface area contributed by atoms with Gasteiger partial charge in [-0.2, -0.15) is 0 Å². The van der Waals surface area contributed by atoms with Crippen molar-refractivity contribution >= 4 is 11.8 Å². The summed E-state index contributed by atoms with van der Waals surface area (Å²) in [6, 6.07) is 1.32. The molecule has 3 N–H and O–H groups in total. The molecule has 0 bridgehead atoms. The Labute approximate surface area is 133 Å². The van der Waals surface area contributed by atoms with Crippen LogP contribution >= 0.6 is 0 Å². The maximum Gasteiger partial charge on any atom is 0.407 e. The van der Waals surface area contributed by atoms with Gasteiger partial charge in [-0.1, -0.05) is 0 Å². The van der Waals surface area contributed by atoms with Crippen molar-refractivity contribution in [2.75, 3.05) is 6.54 Å². The minimum atomic E-state index is -1.40. The molecular weight excluding hydrogens is 306 g/mol. The molecule has 1 aromatic rings. The van der Waals surface area contributed by atoms with E-state index in [0.717, 1.165) is 6.20 Å². The molecule has 1 rings (SSSR count). The first-order chi connectivity index (χ1) is 10.5. The monoisotopic (exact) mass is 327 g/mol. The largest absolute Gasteiger partial charge is 0.444 e. The van der Waals surface area contributed by atoms with Crippen LogP contribution in [-0.4, -0.2) is 44.5 Å². The lowest BCUT2D eigenvalue weighted by atomic mass is 10.1. The van der Waals surface area contributed by atoms with Crippen molar-refractivity contribution in [2.24, 2.45) is 0 Å². The molecule has 0 radical (unpaired) electrons. The van der Waals surface area contributed by atoms with Crippen LogP contribution in [0.3, 0.4) is 0 Å². The van der Waals surface area contributed by atoms with E-state index in [-0.39, 0.29) is 17.9 Å². The number of hydrogen-bond donors (Lipinski definition) is 3. The van der Waals surface area contributed by atoms with Gasteiger partial charge in [0, 0.05) is 12.1 Å². The van der Waals surface area contributed by atoms with E-state index in [2.05, 4.69) is 10.3 Å². The first-order valence-electron chi connectivity index (χ1n) is 6.95. The zero-order chi connectivity index (χ0) is 17.8. The Morgan fingerprint density at radius 3 is 2.57 bits per heavy atom. The van der Waals surface area contributed by atoms with Gasteiger partial charge >= 0.3 is 6.09 Å². The lowest BCUT2D eigenvalue weighted by molar-refractivity contribution is -0.385. The lowest BCUT2D eigenvalue weighted by Gasteiger charge is -2.22. The molecule has 0 aliphatic rings. The average molecular weight is 327 g/mol. The number of nitro groups is 1. The fraction of sp³-hybridized carbons (Fsp3) is 0.571. The number of aryl methyl sites for hydroxylation is 1. The van der Waals surface area contributed by atoms with E-state index in [9.17, 15) is 25.1 Å². The Morgan fingerprint density at radius 1 is 1.48 bits per heavy atom. The van der Waals surface area contributed by atoms with Crippen molar-refractivity contribution in [3.05, 3.63) is 33.6 Å². The number of rotatable bonds is 5. The van der Waals surface area contributed by atoms with Gasteiger partial charge in [0.1, 0.15) is 24.0 Å². The zero-order valence-corrected chi connectivity index (χ0v) is 13.4. The summed E-state index contributed by atoms with van der Waals surface area (Å²) in [5, 5.41) is 33.0. The molecule has 0 spiro atoms. The Morgan fingerprint density at radius 2 is 2.09 bits per heavy atom. The van der Waals surface area contributed by atoms with Crippen LogP contribution in [0.1, 0.15) is 38.1 Å². The molecule has 0 aromatic carbocycles. The fourth-order valence-electron chi connectivity index (χ4n) is 1.73. The molecule has 2 atom stereocenters. The van der Waals surface area contributed by atoms with Gasteiger partial charge in [-0.15, -0.1) is 0 Å². The quantitative estimate of drug-likeness (QED) is 0.546. The number of carbonyl (C=O) groups excluding carboxylic acids is 1. The smallest absolute Gasteiger partial charge is 0.407 e. The Kier molecular flexibility index (Phi) is 5.99. The molecular formula is C14H21N3O6. The van der Waals surface area contributed by atoms with E-state index >= 15 is 0 Å². The minimum Gasteiger partial charge on any atom is -0.444 e. The first-order valence-corrected chi connectivity index (χ1v) is 6.95. The van der Waals surface area contributed by atoms with Crippen molar-refractivity contribution in [1.29, 1.82) is 0 Å². The second kappa shape index (κ2) is 7.34. The number of aliphatic hydroxyl groups is 2. The minimum absolute atomic E-state index is 0.0755. The van der Waals surface area contributed by atoms with Gasteiger partial charge in [0.15, 0.2) is 0 Å². The number of alkyl carbamates (subject to hydrolysis) is 1. The van der Waals surface area contributed by atoms with Crippen LogP contribution in [0.15, 0.2) is 12.3 Å². The highest BCUT2D eigenvalue weighted by molar-refractivity contribution is 5.67. The van der Waals surface area contributed by atoms with Gasteiger partial charge in [0.05, 0.1) is 10.6 Å². The third kappa shape index (κ3) is 5.80. The van der Waals surface area contributed by atoms with Crippen LogP contribution in [0.25, 0.3) is 0 Å². The number of aliphatic hydroxyl groups excluding tert-OH is 2. The molecule has 0 fully saturated rings. The Balaban J connectivity index is 2.66. The molecule has 0 saturated carbocycles. The standard InChI is InChI=1S/C14H21N3O6/c1-8-5-9(15-6-10(8)17(21)22)12(19)11(18)7-16-13(20)23-14(2,3)4/h5-6,11-12,18-19H,7H2,1-4H3,(H,16,20). The first kappa shape index (κ1) is 18.8. The highest BCUT2D eigenvalue weighted by Gasteiger charge is 2.24. The molecule has 0 aliphatic carbocycles. The maximum atomic E-state index is 11.5. The molecule has 1 amide bonds. The van der Waals surface area contributed by atoms with Crippen molar-refractivity contribution < 1.29 is 24.7 Å². The summed E-state index contributed by atoms with van der Waals surface area (Å²) in [7, 11) is 0. The van der Waals surface area contributed by atoms with Gasteiger partial charge < -0.3 is 20.3 Å². The second-order valence-corrected chi connectivity index (χ2v) is 6.05. The molecule has 0 saturated heterocycles. The third-order valence-corrected chi connectivity index (χ3v) is 2.82. The summed E-state index contributed by atoms with van der Waals surface area (Å²) >= 11 is 0. The number of amides is 1. The summed E-state index contributed by atoms with van der Waals surface area (Å²) in [6.45, 7) is 6.33. The van der Waals surface area contributed by atoms with Crippen molar-refractivity contribution in [3.63, 3.8) is 0 Å². The fourth-order valence-corrected chi connectivity index (χ4v) is 1.73. The van der Waals surface area contributed by atoms with Crippen LogP contribution in [0.4, 0.5) is 10.5 Å². The molecule has 2 unspecified atom stereocenters. The Bertz CT molecular complexity index is 584. The van der Waals surface area contributed by atoms with E-state index in [1.54, 1.807) is 20.8 Å². The molecule has 0 aliphatic heterocycles. The number of nitrogens with zero attached hydrogens (tertiary/aromatic N) is 2. The van der Waals surface area contributed by atoms with Crippen molar-refractivity contribution in [2.45, 2.75) is 45.5 Å². The normalized spacial score (nSPS) is 14.0. The van der Waals surface area contributed by atoms with Crippen LogP contribution in [0.5, 0.6) is 0 Å². The van der Waals surface area contributed by atoms with E-state index in [1.165, 1.54) is 13.0 Å². The van der Waals surface area contributed by atoms with Gasteiger partial charge in [-0.3, -0.25) is 15.1 Å². The average Bonchev–Trinajstić information content (AvgIpc) is 2.41. The SMILES string of the molecule is Cc1cc(C(O)C(O)CNC(=O)OC(C)(C)C)ncc1[N+](=O)[O-]. The lowest BCUT2D eigenvalue weighted by Crippen LogP contribution is -2.39. The van der Waals surface area contributed by atoms with E-state index < -0.39 is 28.8 Å². The topological polar surface area (TPSA) is 135 Å². The predicted octanol–water partition coefficient (Wildman–Crippen LogP) is 1.22. The zero-order valence-electron chi connectivity index (χ0n) is 13.4. The maximum absolute atomic E-state index is 11.5. The van der Waals surface area contributed by atoms with Crippen LogP contribution in [0, 0.1) is 17.0 Å². The Hall–Kier alpha value is -2.26. The van der Waals surface area contributed by atoms with E-state index in [1.807, 2.05) is 0 Å². The summed E-state index contributed by atoms with van der Waals surface area (Å²) in [6.07, 6.45) is -2.45. The van der Waals surface area contributed by atoms with Gasteiger partial charge in [0.25, 0.3) is 5.69 Å². The van der Waals surface area contributed by atoms with Crippen molar-refractivity contribution in [1.82, 2.24) is 10.3 Å². The number of aromatic nitrogens is 1. The van der Waals surface area contributed by atoms with Crippen LogP contribution in [-0.2, 0) is 4.74 Å². The van der Waals surface area contributed by atoms with Gasteiger partial charge in [-0.25, -0.2) is 4.79 Å². The predicted molar refractivity (Wildman–Crippen MR) is 80.8 cm³/mol. The van der Waals surface area contributed by atoms with E-state index in [4.69, 9.17) is 4.74 Å². The number of carbonyl (C=O) groups is 1. The van der Waals surface area contributed by atoms with Crippen LogP contribution < -0.4 is 5.32 Å². The number of ether oxygens (including phenoxy) is 1. The molecule has 23 heavy (non-hydrogen) atoms. The van der Waals surface area contributed by atoms with Crippen LogP contribution in [0.2, 0.25) is 0 Å². The number of hydrogen-bond acceptors (Lipinski definition) is 7. The van der Waals surface area contributed by atoms with Gasteiger partial charge in [0.2, 0.25) is 0 Å².